The zero-order chi connectivity index (χ0) is 33.8. The Balaban J connectivity index is 0.000000250. The molecule has 22 nitrogen and oxygen atoms in total. The molecular formula is C24H26N8Na2O14. The topological polar surface area (TPSA) is 326 Å². The van der Waals surface area contributed by atoms with E-state index in [-0.39, 0.29) is 81.4 Å². The molecule has 24 heteroatoms. The van der Waals surface area contributed by atoms with Crippen LogP contribution in [0.2, 0.25) is 0 Å². The number of aryl methyl sites for hydroxylation is 2. The van der Waals surface area contributed by atoms with Crippen LogP contribution in [0.5, 0.6) is 0 Å². The molecule has 6 rings (SSSR count). The number of aliphatic hydroxyl groups excluding tert-OH is 6. The molecule has 0 spiro atoms. The van der Waals surface area contributed by atoms with Crippen LogP contribution in [-0.2, 0) is 33.2 Å². The van der Waals surface area contributed by atoms with E-state index < -0.39 is 84.3 Å². The number of imidazole rings is 2. The number of carboxylic acid groups (broad SMARTS) is 2. The summed E-state index contributed by atoms with van der Waals surface area (Å²) in [6, 6.07) is 0. The smallest absolute Gasteiger partial charge is 0.547 e. The van der Waals surface area contributed by atoms with Gasteiger partial charge in [0.2, 0.25) is 0 Å². The molecule has 2 unspecified atom stereocenters. The fourth-order valence-electron chi connectivity index (χ4n) is 4.98. The third-order valence-electron chi connectivity index (χ3n) is 7.49. The number of hydrogen-bond acceptors (Lipinski definition) is 18. The van der Waals surface area contributed by atoms with Crippen LogP contribution >= 0.6 is 0 Å². The number of aromatic nitrogens is 8. The normalized spacial score (nSPS) is 27.8. The molecule has 4 aromatic heterocycles. The summed E-state index contributed by atoms with van der Waals surface area (Å²) >= 11 is 0. The third kappa shape index (κ3) is 6.99. The second-order valence-electron chi connectivity index (χ2n) is 10.4. The zero-order valence-electron chi connectivity index (χ0n) is 25.6. The van der Waals surface area contributed by atoms with E-state index in [1.54, 1.807) is 0 Å². The molecule has 0 aromatic carbocycles. The van der Waals surface area contributed by atoms with Crippen LogP contribution in [-0.4, -0.2) is 130 Å². The van der Waals surface area contributed by atoms with Crippen molar-refractivity contribution in [3.8, 4) is 0 Å². The first-order valence-electron chi connectivity index (χ1n) is 13.2. The van der Waals surface area contributed by atoms with Crippen LogP contribution in [0, 0.1) is 0 Å². The van der Waals surface area contributed by atoms with Crippen molar-refractivity contribution in [1.82, 2.24) is 38.2 Å². The average molecular weight is 696 g/mol. The van der Waals surface area contributed by atoms with E-state index in [0.717, 1.165) is 0 Å². The molecule has 0 saturated carbocycles. The van der Waals surface area contributed by atoms with Gasteiger partial charge in [-0.2, -0.15) is 0 Å². The molecule has 0 bridgehead atoms. The molecule has 6 N–H and O–H groups in total. The molecule has 248 valence electrons. The van der Waals surface area contributed by atoms with Crippen molar-refractivity contribution in [1.29, 1.82) is 0 Å². The summed E-state index contributed by atoms with van der Waals surface area (Å²) < 4.78 is 15.3. The summed E-state index contributed by atoms with van der Waals surface area (Å²) in [5, 5.41) is 80.2. The van der Waals surface area contributed by atoms with Gasteiger partial charge in [0.1, 0.15) is 48.8 Å². The van der Waals surface area contributed by atoms with Crippen LogP contribution in [0.25, 0.3) is 22.3 Å². The van der Waals surface area contributed by atoms with Gasteiger partial charge in [-0.3, -0.25) is 18.7 Å². The van der Waals surface area contributed by atoms with E-state index in [4.69, 9.17) is 9.47 Å². The van der Waals surface area contributed by atoms with Crippen LogP contribution in [0.4, 0.5) is 0 Å². The first-order valence-corrected chi connectivity index (χ1v) is 13.2. The Labute approximate surface area is 311 Å². The molecule has 10 atom stereocenters. The number of rotatable bonds is 6. The van der Waals surface area contributed by atoms with Gasteiger partial charge in [-0.15, -0.1) is 0 Å². The van der Waals surface area contributed by atoms with Gasteiger partial charge in [-0.1, -0.05) is 0 Å². The SMILES string of the molecule is Cn1cnc2c(ncn2[C@@H]2O[C@H](C(O)C(=O)[O-])[C@@H](O)[C@H]2O)c1=O.Cn1cnc2c(ncn2[C@@H]2O[C@H](C(O)C(=O)[O-])[C@@H](O)[C@H]2O)c1=O.[Na+].[Na+]. The maximum absolute atomic E-state index is 11.9. The number of fused-ring (bicyclic) bond motifs is 2. The molecule has 2 fully saturated rings. The van der Waals surface area contributed by atoms with Gasteiger partial charge in [0.15, 0.2) is 34.8 Å². The van der Waals surface area contributed by atoms with Gasteiger partial charge in [-0.25, -0.2) is 19.9 Å². The second kappa shape index (κ2) is 15.5. The molecule has 0 radical (unpaired) electrons. The number of carboxylic acids is 2. The quantitative estimate of drug-likeness (QED) is 0.102. The molecule has 0 amide bonds. The Bertz CT molecular complexity index is 1780. The van der Waals surface area contributed by atoms with Gasteiger partial charge in [0, 0.05) is 14.1 Å². The minimum atomic E-state index is -2.12. The van der Waals surface area contributed by atoms with Gasteiger partial charge in [-0.05, 0) is 0 Å². The average Bonchev–Trinajstić information content (AvgIpc) is 3.78. The van der Waals surface area contributed by atoms with Crippen molar-refractivity contribution in [3.63, 3.8) is 0 Å². The van der Waals surface area contributed by atoms with Crippen molar-refractivity contribution < 1.29 is 119 Å². The molecule has 2 aliphatic rings. The van der Waals surface area contributed by atoms with Crippen LogP contribution in [0.15, 0.2) is 34.9 Å². The number of carbonyl (C=O) groups is 2. The Kier molecular flexibility index (Phi) is 12.8. The van der Waals surface area contributed by atoms with Crippen LogP contribution < -0.4 is 80.4 Å². The number of aliphatic hydroxyl groups is 6. The first-order chi connectivity index (χ1) is 21.6. The Morgan fingerprint density at radius 3 is 1.31 bits per heavy atom. The van der Waals surface area contributed by atoms with Crippen molar-refractivity contribution in [3.05, 3.63) is 46.0 Å². The zero-order valence-corrected chi connectivity index (χ0v) is 29.6. The largest absolute Gasteiger partial charge is 1.00 e. The molecule has 0 aliphatic carbocycles. The van der Waals surface area contributed by atoms with E-state index in [1.807, 2.05) is 0 Å². The summed E-state index contributed by atoms with van der Waals surface area (Å²) in [6.45, 7) is 0. The summed E-state index contributed by atoms with van der Waals surface area (Å²) in [6.07, 6.45) is -11.6. The predicted octanol–water partition coefficient (Wildman–Crippen LogP) is -14.3. The Hall–Kier alpha value is -2.68. The molecular weight excluding hydrogens is 670 g/mol. The fourth-order valence-corrected chi connectivity index (χ4v) is 4.98. The van der Waals surface area contributed by atoms with Gasteiger partial charge < -0.3 is 69.0 Å². The Morgan fingerprint density at radius 2 is 1.00 bits per heavy atom. The molecule has 4 aromatic rings. The minimum Gasteiger partial charge on any atom is -0.547 e. The van der Waals surface area contributed by atoms with E-state index in [9.17, 15) is 60.0 Å². The first kappa shape index (κ1) is 39.8. The standard InChI is InChI=1S/2C12H14N4O7.2Na/c2*1-15-2-14-9-4(10(15)20)13-3-16(9)11-6(18)5(17)8(23-11)7(19)12(21)22;;/h2*2-3,5-8,11,17-19H,1H3,(H,21,22);;/q;;2*+1/p-2/t2*5-,6+,7?,8-,11+;;/m00../s1. The van der Waals surface area contributed by atoms with Gasteiger partial charge in [0.05, 0.1) is 37.2 Å². The van der Waals surface area contributed by atoms with Gasteiger partial charge >= 0.3 is 59.1 Å². The minimum absolute atomic E-state index is 0. The summed E-state index contributed by atoms with van der Waals surface area (Å²) in [5.74, 6) is -3.69. The van der Waals surface area contributed by atoms with E-state index in [2.05, 4.69) is 19.9 Å². The Morgan fingerprint density at radius 1 is 0.667 bits per heavy atom. The monoisotopic (exact) mass is 696 g/mol. The molecule has 48 heavy (non-hydrogen) atoms. The molecule has 6 heterocycles. The maximum Gasteiger partial charge on any atom is 1.00 e. The van der Waals surface area contributed by atoms with Crippen molar-refractivity contribution in [2.45, 2.75) is 61.3 Å². The fraction of sp³-hybridized carbons (Fsp3) is 0.500. The van der Waals surface area contributed by atoms with Crippen LogP contribution in [0.1, 0.15) is 12.5 Å². The van der Waals surface area contributed by atoms with Crippen LogP contribution in [0.3, 0.4) is 0 Å². The summed E-state index contributed by atoms with van der Waals surface area (Å²) in [5.41, 5.74) is -0.629. The van der Waals surface area contributed by atoms with E-state index >= 15 is 0 Å². The van der Waals surface area contributed by atoms with E-state index in [0.29, 0.717) is 0 Å². The van der Waals surface area contributed by atoms with Crippen molar-refractivity contribution >= 4 is 34.3 Å². The third-order valence-corrected chi connectivity index (χ3v) is 7.49. The number of carbonyl (C=O) groups excluding carboxylic acids is 2. The molecule has 2 aliphatic heterocycles. The maximum atomic E-state index is 11.9. The number of nitrogens with zero attached hydrogens (tertiary/aromatic N) is 8. The number of ether oxygens (including phenoxy) is 2. The number of hydrogen-bond donors (Lipinski definition) is 6. The molecule has 2 saturated heterocycles. The van der Waals surface area contributed by atoms with Gasteiger partial charge in [0.25, 0.3) is 11.1 Å². The van der Waals surface area contributed by atoms with E-state index in [1.165, 1.54) is 57.7 Å². The van der Waals surface area contributed by atoms with Crippen molar-refractivity contribution in [2.24, 2.45) is 14.1 Å². The predicted molar refractivity (Wildman–Crippen MR) is 139 cm³/mol. The number of aliphatic carboxylic acids is 2. The van der Waals surface area contributed by atoms with Crippen molar-refractivity contribution in [2.75, 3.05) is 0 Å². The summed E-state index contributed by atoms with van der Waals surface area (Å²) in [4.78, 5) is 61.1. The second-order valence-corrected chi connectivity index (χ2v) is 10.4. The summed E-state index contributed by atoms with van der Waals surface area (Å²) in [7, 11) is 2.98.